The first kappa shape index (κ1) is 25.4. The summed E-state index contributed by atoms with van der Waals surface area (Å²) in [6.45, 7) is 4.66. The van der Waals surface area contributed by atoms with Gasteiger partial charge in [0.15, 0.2) is 11.4 Å². The molecule has 0 atom stereocenters. The minimum absolute atomic E-state index is 0.0170. The summed E-state index contributed by atoms with van der Waals surface area (Å²) in [7, 11) is 0. The van der Waals surface area contributed by atoms with Crippen LogP contribution in [0.25, 0.3) is 5.69 Å². The summed E-state index contributed by atoms with van der Waals surface area (Å²) in [6.07, 6.45) is 6.29. The largest absolute Gasteiger partial charge is 0.383 e. The Balaban J connectivity index is 1.81. The lowest BCUT2D eigenvalue weighted by molar-refractivity contribution is 0.0980. The standard InChI is InChI=1S/C26H33FN6O3/c1-3-5-7-16-31(22-23(28)32(15-6-4-2)26(36)29-24(22)34)25(35)21-19-9-8-10-20(19)33(30-21)18-13-11-17(27)12-14-18/h11-14H,3-10,15-16,28H2,1-2H3,(H,29,34,36). The number of amides is 1. The number of aromatic nitrogens is 4. The van der Waals surface area contributed by atoms with Gasteiger partial charge in [0.1, 0.15) is 11.6 Å². The maximum Gasteiger partial charge on any atom is 0.330 e. The number of nitrogens with zero attached hydrogens (tertiary/aromatic N) is 4. The number of anilines is 2. The number of nitrogen functional groups attached to an aromatic ring is 1. The summed E-state index contributed by atoms with van der Waals surface area (Å²) in [5.41, 5.74) is 7.73. The van der Waals surface area contributed by atoms with Gasteiger partial charge in [-0.1, -0.05) is 33.1 Å². The Kier molecular flexibility index (Phi) is 7.71. The predicted octanol–water partition coefficient (Wildman–Crippen LogP) is 3.57. The van der Waals surface area contributed by atoms with Crippen molar-refractivity contribution in [1.29, 1.82) is 0 Å². The average molecular weight is 497 g/mol. The number of hydrogen-bond donors (Lipinski definition) is 2. The van der Waals surface area contributed by atoms with Crippen molar-refractivity contribution in [1.82, 2.24) is 19.3 Å². The minimum Gasteiger partial charge on any atom is -0.383 e. The number of aromatic amines is 1. The summed E-state index contributed by atoms with van der Waals surface area (Å²) < 4.78 is 16.5. The molecule has 0 spiro atoms. The molecule has 0 bridgehead atoms. The Morgan fingerprint density at radius 3 is 2.53 bits per heavy atom. The fraction of sp³-hybridized carbons (Fsp3) is 0.462. The molecular weight excluding hydrogens is 463 g/mol. The highest BCUT2D eigenvalue weighted by Crippen LogP contribution is 2.30. The molecule has 9 nitrogen and oxygen atoms in total. The monoisotopic (exact) mass is 496 g/mol. The fourth-order valence-electron chi connectivity index (χ4n) is 4.74. The number of halogens is 1. The van der Waals surface area contributed by atoms with Crippen molar-refractivity contribution in [3.8, 4) is 5.69 Å². The molecule has 2 aromatic heterocycles. The molecule has 3 aromatic rings. The Morgan fingerprint density at radius 2 is 1.83 bits per heavy atom. The SMILES string of the molecule is CCCCCN(C(=O)c1nn(-c2ccc(F)cc2)c2c1CCC2)c1c(N)n(CCCC)c(=O)[nH]c1=O. The molecule has 0 unspecified atom stereocenters. The second-order valence-corrected chi connectivity index (χ2v) is 9.18. The molecule has 1 amide bonds. The fourth-order valence-corrected chi connectivity index (χ4v) is 4.74. The van der Waals surface area contributed by atoms with Crippen LogP contribution in [0.15, 0.2) is 33.9 Å². The zero-order valence-corrected chi connectivity index (χ0v) is 20.8. The number of fused-ring (bicyclic) bond motifs is 1. The van der Waals surface area contributed by atoms with E-state index in [-0.39, 0.29) is 29.6 Å². The van der Waals surface area contributed by atoms with Gasteiger partial charge < -0.3 is 5.73 Å². The van der Waals surface area contributed by atoms with Crippen LogP contribution in [0, 0.1) is 5.82 Å². The summed E-state index contributed by atoms with van der Waals surface area (Å²) in [6, 6.07) is 5.97. The van der Waals surface area contributed by atoms with Crippen LogP contribution in [0.2, 0.25) is 0 Å². The van der Waals surface area contributed by atoms with E-state index in [4.69, 9.17) is 5.73 Å². The molecule has 4 rings (SSSR count). The van der Waals surface area contributed by atoms with Gasteiger partial charge in [0.2, 0.25) is 0 Å². The number of carbonyl (C=O) groups excluding carboxylic acids is 1. The maximum atomic E-state index is 14.0. The van der Waals surface area contributed by atoms with Crippen LogP contribution in [0.5, 0.6) is 0 Å². The molecule has 192 valence electrons. The molecule has 36 heavy (non-hydrogen) atoms. The van der Waals surface area contributed by atoms with Crippen LogP contribution < -0.4 is 21.9 Å². The Labute approximate surface area is 208 Å². The van der Waals surface area contributed by atoms with Crippen LogP contribution in [-0.4, -0.2) is 31.8 Å². The van der Waals surface area contributed by atoms with Gasteiger partial charge in [-0.3, -0.25) is 24.0 Å². The van der Waals surface area contributed by atoms with Crippen molar-refractivity contribution in [2.75, 3.05) is 17.2 Å². The Hall–Kier alpha value is -3.69. The molecule has 1 aliphatic carbocycles. The molecule has 0 saturated heterocycles. The number of nitrogens with two attached hydrogens (primary N) is 1. The number of H-pyrrole nitrogens is 1. The maximum absolute atomic E-state index is 14.0. The van der Waals surface area contributed by atoms with E-state index in [2.05, 4.69) is 17.0 Å². The normalized spacial score (nSPS) is 12.6. The van der Waals surface area contributed by atoms with Crippen molar-refractivity contribution < 1.29 is 9.18 Å². The molecule has 0 aliphatic heterocycles. The molecule has 2 heterocycles. The summed E-state index contributed by atoms with van der Waals surface area (Å²) in [5.74, 6) is -0.798. The van der Waals surface area contributed by atoms with Crippen LogP contribution in [0.4, 0.5) is 15.9 Å². The highest BCUT2D eigenvalue weighted by atomic mass is 19.1. The van der Waals surface area contributed by atoms with E-state index in [1.165, 1.54) is 21.6 Å². The van der Waals surface area contributed by atoms with E-state index in [1.54, 1.807) is 16.8 Å². The molecule has 0 saturated carbocycles. The highest BCUT2D eigenvalue weighted by Gasteiger charge is 2.32. The molecule has 3 N–H and O–H groups in total. The van der Waals surface area contributed by atoms with Crippen molar-refractivity contribution in [3.05, 3.63) is 67.9 Å². The van der Waals surface area contributed by atoms with Gasteiger partial charge in [-0.2, -0.15) is 5.10 Å². The third-order valence-electron chi connectivity index (χ3n) is 6.65. The zero-order chi connectivity index (χ0) is 25.8. The first-order chi connectivity index (χ1) is 17.4. The first-order valence-corrected chi connectivity index (χ1v) is 12.7. The zero-order valence-electron chi connectivity index (χ0n) is 20.8. The van der Waals surface area contributed by atoms with Crippen molar-refractivity contribution >= 4 is 17.4 Å². The van der Waals surface area contributed by atoms with Gasteiger partial charge in [0.25, 0.3) is 11.5 Å². The Bertz CT molecular complexity index is 1360. The van der Waals surface area contributed by atoms with E-state index < -0.39 is 17.2 Å². The lowest BCUT2D eigenvalue weighted by Crippen LogP contribution is -2.42. The molecule has 0 radical (unpaired) electrons. The number of carbonyl (C=O) groups is 1. The van der Waals surface area contributed by atoms with Gasteiger partial charge >= 0.3 is 5.69 Å². The van der Waals surface area contributed by atoms with E-state index in [0.29, 0.717) is 31.5 Å². The van der Waals surface area contributed by atoms with Crippen molar-refractivity contribution in [3.63, 3.8) is 0 Å². The summed E-state index contributed by atoms with van der Waals surface area (Å²) in [4.78, 5) is 43.2. The Morgan fingerprint density at radius 1 is 1.11 bits per heavy atom. The third-order valence-corrected chi connectivity index (χ3v) is 6.65. The predicted molar refractivity (Wildman–Crippen MR) is 137 cm³/mol. The molecular formula is C26H33FN6O3. The third kappa shape index (κ3) is 4.84. The second kappa shape index (κ2) is 10.9. The highest BCUT2D eigenvalue weighted by molar-refractivity contribution is 6.07. The van der Waals surface area contributed by atoms with Crippen LogP contribution in [0.1, 0.15) is 74.1 Å². The average Bonchev–Trinajstić information content (AvgIpc) is 3.46. The lowest BCUT2D eigenvalue weighted by Gasteiger charge is -2.24. The van der Waals surface area contributed by atoms with Gasteiger partial charge in [-0.05, 0) is 56.4 Å². The van der Waals surface area contributed by atoms with Crippen LogP contribution in [-0.2, 0) is 19.4 Å². The molecule has 10 heteroatoms. The van der Waals surface area contributed by atoms with E-state index >= 15 is 0 Å². The number of rotatable bonds is 10. The molecule has 0 fully saturated rings. The lowest BCUT2D eigenvalue weighted by atomic mass is 10.1. The smallest absolute Gasteiger partial charge is 0.330 e. The van der Waals surface area contributed by atoms with E-state index in [0.717, 1.165) is 43.4 Å². The van der Waals surface area contributed by atoms with Crippen LogP contribution in [0.3, 0.4) is 0 Å². The first-order valence-electron chi connectivity index (χ1n) is 12.7. The quantitative estimate of drug-likeness (QED) is 0.416. The van der Waals surface area contributed by atoms with Crippen molar-refractivity contribution in [2.24, 2.45) is 0 Å². The van der Waals surface area contributed by atoms with Gasteiger partial charge in [-0.15, -0.1) is 0 Å². The van der Waals surface area contributed by atoms with E-state index in [1.807, 2.05) is 6.92 Å². The number of hydrogen-bond acceptors (Lipinski definition) is 5. The summed E-state index contributed by atoms with van der Waals surface area (Å²) >= 11 is 0. The topological polar surface area (TPSA) is 119 Å². The summed E-state index contributed by atoms with van der Waals surface area (Å²) in [5, 5.41) is 4.64. The van der Waals surface area contributed by atoms with Gasteiger partial charge in [0.05, 0.1) is 5.69 Å². The minimum atomic E-state index is -0.690. The van der Waals surface area contributed by atoms with Gasteiger partial charge in [0, 0.05) is 24.3 Å². The van der Waals surface area contributed by atoms with Gasteiger partial charge in [-0.25, -0.2) is 13.9 Å². The van der Waals surface area contributed by atoms with Crippen LogP contribution >= 0.6 is 0 Å². The molecule has 1 aliphatic rings. The van der Waals surface area contributed by atoms with Crippen molar-refractivity contribution in [2.45, 2.75) is 71.8 Å². The van der Waals surface area contributed by atoms with E-state index in [9.17, 15) is 18.8 Å². The number of benzene rings is 1. The number of nitrogens with one attached hydrogen (secondary N) is 1. The molecule has 1 aromatic carbocycles. The number of unbranched alkanes of at least 4 members (excludes halogenated alkanes) is 3. The second-order valence-electron chi connectivity index (χ2n) is 9.18.